The molecule has 8 heteroatoms. The summed E-state index contributed by atoms with van der Waals surface area (Å²) in [5.74, 6) is 1.16. The van der Waals surface area contributed by atoms with E-state index in [9.17, 15) is 4.79 Å². The summed E-state index contributed by atoms with van der Waals surface area (Å²) in [5, 5.41) is 7.96. The molecule has 4 heterocycles. The molecule has 0 bridgehead atoms. The molecule has 32 heavy (non-hydrogen) atoms. The van der Waals surface area contributed by atoms with Crippen molar-refractivity contribution in [1.82, 2.24) is 25.2 Å². The Morgan fingerprint density at radius 1 is 0.906 bits per heavy atom. The van der Waals surface area contributed by atoms with E-state index in [1.54, 1.807) is 0 Å². The van der Waals surface area contributed by atoms with Crippen LogP contribution in [-0.4, -0.2) is 50.7 Å². The summed E-state index contributed by atoms with van der Waals surface area (Å²) >= 11 is 0. The molecule has 2 aliphatic rings. The van der Waals surface area contributed by atoms with E-state index in [1.807, 2.05) is 53.6 Å². The lowest BCUT2D eigenvalue weighted by atomic mass is 9.71. The van der Waals surface area contributed by atoms with Crippen molar-refractivity contribution < 1.29 is 9.42 Å². The van der Waals surface area contributed by atoms with Gasteiger partial charge in [0.2, 0.25) is 5.91 Å². The van der Waals surface area contributed by atoms with Crippen molar-refractivity contribution in [3.8, 4) is 0 Å². The smallest absolute Gasteiger partial charge is 0.229 e. The van der Waals surface area contributed by atoms with Crippen molar-refractivity contribution in [1.29, 1.82) is 0 Å². The second-order valence-electron chi connectivity index (χ2n) is 8.86. The molecule has 162 valence electrons. The Kier molecular flexibility index (Phi) is 4.52. The topological polar surface area (TPSA) is 88.3 Å². The first-order chi connectivity index (χ1) is 15.7. The molecule has 0 saturated carbocycles. The molecule has 4 aromatic rings. The van der Waals surface area contributed by atoms with Crippen LogP contribution in [0.3, 0.4) is 0 Å². The molecule has 2 aliphatic heterocycles. The Labute approximate surface area is 185 Å². The number of fused-ring (bicyclic) bond motifs is 2. The third-order valence-corrected chi connectivity index (χ3v) is 7.04. The van der Waals surface area contributed by atoms with Crippen LogP contribution in [0.25, 0.3) is 22.1 Å². The zero-order valence-electron chi connectivity index (χ0n) is 17.8. The van der Waals surface area contributed by atoms with Crippen molar-refractivity contribution in [2.24, 2.45) is 5.41 Å². The van der Waals surface area contributed by atoms with Crippen LogP contribution in [-0.2, 0) is 11.3 Å². The van der Waals surface area contributed by atoms with Gasteiger partial charge in [0.15, 0.2) is 0 Å². The van der Waals surface area contributed by atoms with Crippen LogP contribution < -0.4 is 4.90 Å². The number of likely N-dealkylation sites (tertiary alicyclic amines) is 1. The number of anilines is 1. The number of aromatic nitrogens is 4. The molecular weight excluding hydrogens is 404 g/mol. The van der Waals surface area contributed by atoms with E-state index in [-0.39, 0.29) is 11.3 Å². The highest BCUT2D eigenvalue weighted by Crippen LogP contribution is 2.42. The SMILES string of the molecule is O=C1N(Cc2cccc3nonc23)CCCC12CCN(c1cnc3ccccc3n1)CC2. The van der Waals surface area contributed by atoms with Crippen LogP contribution in [0.15, 0.2) is 53.3 Å². The maximum absolute atomic E-state index is 13.6. The predicted octanol–water partition coefficient (Wildman–Crippen LogP) is 3.58. The largest absolute Gasteiger partial charge is 0.355 e. The third kappa shape index (κ3) is 3.18. The Morgan fingerprint density at radius 2 is 1.72 bits per heavy atom. The van der Waals surface area contributed by atoms with Crippen LogP contribution in [0.2, 0.25) is 0 Å². The fourth-order valence-electron chi connectivity index (χ4n) is 5.23. The van der Waals surface area contributed by atoms with E-state index in [1.165, 1.54) is 0 Å². The highest BCUT2D eigenvalue weighted by Gasteiger charge is 2.45. The summed E-state index contributed by atoms with van der Waals surface area (Å²) in [7, 11) is 0. The minimum absolute atomic E-state index is 0.265. The highest BCUT2D eigenvalue weighted by molar-refractivity contribution is 5.85. The monoisotopic (exact) mass is 428 g/mol. The average Bonchev–Trinajstić information content (AvgIpc) is 3.32. The summed E-state index contributed by atoms with van der Waals surface area (Å²) in [5.41, 5.74) is 3.98. The third-order valence-electron chi connectivity index (χ3n) is 7.04. The van der Waals surface area contributed by atoms with Gasteiger partial charge in [0, 0.05) is 31.7 Å². The molecule has 1 spiro atoms. The van der Waals surface area contributed by atoms with Crippen molar-refractivity contribution in [3.05, 3.63) is 54.2 Å². The zero-order valence-corrected chi connectivity index (χ0v) is 17.8. The van der Waals surface area contributed by atoms with Crippen molar-refractivity contribution >= 4 is 33.8 Å². The van der Waals surface area contributed by atoms with Gasteiger partial charge < -0.3 is 9.80 Å². The molecule has 6 rings (SSSR count). The number of carbonyl (C=O) groups is 1. The molecule has 2 aromatic carbocycles. The summed E-state index contributed by atoms with van der Waals surface area (Å²) in [6.45, 7) is 2.96. The zero-order chi connectivity index (χ0) is 21.5. The maximum atomic E-state index is 13.6. The number of piperidine rings is 2. The molecule has 1 amide bonds. The second-order valence-corrected chi connectivity index (χ2v) is 8.86. The fourth-order valence-corrected chi connectivity index (χ4v) is 5.23. The molecule has 8 nitrogen and oxygen atoms in total. The minimum Gasteiger partial charge on any atom is -0.355 e. The average molecular weight is 428 g/mol. The number of amides is 1. The molecule has 0 atom stereocenters. The van der Waals surface area contributed by atoms with Gasteiger partial charge in [-0.3, -0.25) is 9.78 Å². The van der Waals surface area contributed by atoms with Gasteiger partial charge >= 0.3 is 0 Å². The van der Waals surface area contributed by atoms with E-state index < -0.39 is 0 Å². The van der Waals surface area contributed by atoms with E-state index in [2.05, 4.69) is 20.2 Å². The minimum atomic E-state index is -0.283. The van der Waals surface area contributed by atoms with E-state index in [0.717, 1.165) is 78.8 Å². The van der Waals surface area contributed by atoms with Gasteiger partial charge in [-0.25, -0.2) is 9.61 Å². The number of nitrogens with zero attached hydrogens (tertiary/aromatic N) is 6. The summed E-state index contributed by atoms with van der Waals surface area (Å²) < 4.78 is 4.89. The number of hydrogen-bond acceptors (Lipinski definition) is 7. The molecule has 0 radical (unpaired) electrons. The van der Waals surface area contributed by atoms with Crippen molar-refractivity contribution in [2.75, 3.05) is 24.5 Å². The lowest BCUT2D eigenvalue weighted by Crippen LogP contribution is -2.53. The quantitative estimate of drug-likeness (QED) is 0.493. The predicted molar refractivity (Wildman–Crippen MR) is 120 cm³/mol. The Morgan fingerprint density at radius 3 is 2.59 bits per heavy atom. The molecule has 2 aromatic heterocycles. The van der Waals surface area contributed by atoms with Gasteiger partial charge in [-0.05, 0) is 54.2 Å². The Balaban J connectivity index is 1.19. The Hall–Kier alpha value is -3.55. The molecule has 2 saturated heterocycles. The number of carbonyl (C=O) groups excluding carboxylic acids is 1. The summed E-state index contributed by atoms with van der Waals surface area (Å²) in [6.07, 6.45) is 5.50. The van der Waals surface area contributed by atoms with E-state index in [4.69, 9.17) is 9.61 Å². The number of benzene rings is 2. The molecule has 0 unspecified atom stereocenters. The normalized spacial score (nSPS) is 18.7. The van der Waals surface area contributed by atoms with E-state index >= 15 is 0 Å². The van der Waals surface area contributed by atoms with Crippen LogP contribution in [0.5, 0.6) is 0 Å². The first kappa shape index (κ1) is 19.2. The number of hydrogen-bond donors (Lipinski definition) is 0. The molecule has 2 fully saturated rings. The van der Waals surface area contributed by atoms with Crippen molar-refractivity contribution in [2.45, 2.75) is 32.2 Å². The van der Waals surface area contributed by atoms with Crippen LogP contribution in [0.4, 0.5) is 5.82 Å². The summed E-state index contributed by atoms with van der Waals surface area (Å²) in [4.78, 5) is 27.2. The lowest BCUT2D eigenvalue weighted by molar-refractivity contribution is -0.148. The molecule has 0 N–H and O–H groups in total. The standard InChI is InChI=1S/C24H24N6O2/c31-23-24(9-4-12-30(23)16-17-5-3-8-20-22(17)28-32-27-20)10-13-29(14-11-24)21-15-25-18-6-1-2-7-19(18)26-21/h1-3,5-8,15H,4,9-14,16H2. The number of para-hydroxylation sites is 2. The maximum Gasteiger partial charge on any atom is 0.229 e. The Bertz CT molecular complexity index is 1290. The van der Waals surface area contributed by atoms with Crippen LogP contribution in [0, 0.1) is 5.41 Å². The molecule has 0 aliphatic carbocycles. The van der Waals surface area contributed by atoms with Gasteiger partial charge in [0.25, 0.3) is 0 Å². The number of rotatable bonds is 3. The van der Waals surface area contributed by atoms with Crippen LogP contribution in [0.1, 0.15) is 31.2 Å². The van der Waals surface area contributed by atoms with E-state index in [0.29, 0.717) is 6.54 Å². The highest BCUT2D eigenvalue weighted by atomic mass is 16.6. The lowest BCUT2D eigenvalue weighted by Gasteiger charge is -2.46. The van der Waals surface area contributed by atoms with Crippen LogP contribution >= 0.6 is 0 Å². The summed E-state index contributed by atoms with van der Waals surface area (Å²) in [6, 6.07) is 13.7. The van der Waals surface area contributed by atoms with Crippen molar-refractivity contribution in [3.63, 3.8) is 0 Å². The molecular formula is C24H24N6O2. The fraction of sp³-hybridized carbons (Fsp3) is 0.375. The first-order valence-corrected chi connectivity index (χ1v) is 11.2. The van der Waals surface area contributed by atoms with Gasteiger partial charge in [-0.2, -0.15) is 0 Å². The second kappa shape index (κ2) is 7.55. The van der Waals surface area contributed by atoms with Gasteiger partial charge in [-0.15, -0.1) is 0 Å². The van der Waals surface area contributed by atoms with Gasteiger partial charge in [0.05, 0.1) is 22.6 Å². The van der Waals surface area contributed by atoms with Gasteiger partial charge in [0.1, 0.15) is 16.9 Å². The van der Waals surface area contributed by atoms with Gasteiger partial charge in [-0.1, -0.05) is 24.3 Å². The first-order valence-electron chi connectivity index (χ1n) is 11.2.